The van der Waals surface area contributed by atoms with Gasteiger partial charge < -0.3 is 5.32 Å². The number of rotatable bonds is 7. The lowest BCUT2D eigenvalue weighted by molar-refractivity contribution is 0.102. The Morgan fingerprint density at radius 2 is 1.20 bits per heavy atom. The molecule has 0 aliphatic rings. The highest BCUT2D eigenvalue weighted by atomic mass is 32.2. The largest absolute Gasteiger partial charge is 0.322 e. The summed E-state index contributed by atoms with van der Waals surface area (Å²) in [5, 5.41) is 2.14. The number of hydrogen-bond donors (Lipinski definition) is 3. The fourth-order valence-electron chi connectivity index (χ4n) is 2.10. The number of hydrogen-bond acceptors (Lipinski definition) is 5. The molecular formula is C20H27N3O5S2. The molecule has 164 valence electrons. The maximum atomic E-state index is 12.4. The minimum atomic E-state index is -3.54. The highest BCUT2D eigenvalue weighted by molar-refractivity contribution is 7.94. The van der Waals surface area contributed by atoms with Crippen LogP contribution in [0.3, 0.4) is 0 Å². The Hall–Kier alpha value is -2.59. The molecule has 8 nitrogen and oxygen atoms in total. The molecule has 0 fully saturated rings. The van der Waals surface area contributed by atoms with E-state index in [1.807, 2.05) is 0 Å². The van der Waals surface area contributed by atoms with Crippen molar-refractivity contribution in [2.45, 2.75) is 44.6 Å². The molecule has 0 saturated heterocycles. The molecule has 0 atom stereocenters. The Bertz CT molecular complexity index is 1100. The topological polar surface area (TPSA) is 121 Å². The zero-order valence-electron chi connectivity index (χ0n) is 17.6. The van der Waals surface area contributed by atoms with E-state index in [0.29, 0.717) is 22.6 Å². The molecule has 30 heavy (non-hydrogen) atoms. The summed E-state index contributed by atoms with van der Waals surface area (Å²) in [7, 11) is -7.00. The Labute approximate surface area is 178 Å². The molecule has 0 aliphatic heterocycles. The summed E-state index contributed by atoms with van der Waals surface area (Å²) >= 11 is 0. The number of amides is 1. The Balaban J connectivity index is 2.04. The highest BCUT2D eigenvalue weighted by Gasteiger charge is 2.28. The van der Waals surface area contributed by atoms with Gasteiger partial charge in [-0.25, -0.2) is 16.8 Å². The third-order valence-electron chi connectivity index (χ3n) is 4.23. The van der Waals surface area contributed by atoms with E-state index in [-0.39, 0.29) is 5.91 Å². The summed E-state index contributed by atoms with van der Waals surface area (Å²) in [6.07, 6.45) is 0. The lowest BCUT2D eigenvalue weighted by Crippen LogP contribution is -2.33. The normalized spacial score (nSPS) is 12.5. The maximum Gasteiger partial charge on any atom is 0.255 e. The third-order valence-corrected chi connectivity index (χ3v) is 8.11. The lowest BCUT2D eigenvalue weighted by Gasteiger charge is -2.20. The van der Waals surface area contributed by atoms with Crippen molar-refractivity contribution < 1.29 is 21.6 Å². The SMILES string of the molecule is CC(C)S(=O)(=O)Nc1ccc(C(=O)Nc2ccc(NS(=O)(=O)C(C)(C)C)cc2)cc1. The Morgan fingerprint density at radius 1 is 0.767 bits per heavy atom. The first-order chi connectivity index (χ1) is 13.7. The van der Waals surface area contributed by atoms with Gasteiger partial charge in [-0.3, -0.25) is 14.2 Å². The molecule has 0 bridgehead atoms. The monoisotopic (exact) mass is 453 g/mol. The van der Waals surface area contributed by atoms with Crippen molar-refractivity contribution in [2.75, 3.05) is 14.8 Å². The van der Waals surface area contributed by atoms with E-state index in [4.69, 9.17) is 0 Å². The molecule has 2 aromatic carbocycles. The molecule has 1 amide bonds. The van der Waals surface area contributed by atoms with Crippen LogP contribution in [-0.2, 0) is 20.0 Å². The van der Waals surface area contributed by atoms with Crippen molar-refractivity contribution in [3.05, 3.63) is 54.1 Å². The molecule has 0 unspecified atom stereocenters. The predicted molar refractivity (Wildman–Crippen MR) is 121 cm³/mol. The molecule has 0 heterocycles. The zero-order chi connectivity index (χ0) is 22.7. The molecule has 3 N–H and O–H groups in total. The van der Waals surface area contributed by atoms with Gasteiger partial charge in [-0.15, -0.1) is 0 Å². The van der Waals surface area contributed by atoms with E-state index in [1.165, 1.54) is 24.3 Å². The molecule has 0 saturated carbocycles. The smallest absolute Gasteiger partial charge is 0.255 e. The van der Waals surface area contributed by atoms with Crippen LogP contribution in [0.5, 0.6) is 0 Å². The van der Waals surface area contributed by atoms with Gasteiger partial charge in [0, 0.05) is 22.6 Å². The lowest BCUT2D eigenvalue weighted by atomic mass is 10.2. The summed E-state index contributed by atoms with van der Waals surface area (Å²) in [5.41, 5.74) is 1.60. The second kappa shape index (κ2) is 8.65. The highest BCUT2D eigenvalue weighted by Crippen LogP contribution is 2.21. The van der Waals surface area contributed by atoms with Crippen LogP contribution in [0.4, 0.5) is 17.1 Å². The van der Waals surface area contributed by atoms with Crippen LogP contribution in [0.1, 0.15) is 45.0 Å². The second-order valence-electron chi connectivity index (χ2n) is 8.02. The van der Waals surface area contributed by atoms with Gasteiger partial charge in [-0.1, -0.05) is 0 Å². The van der Waals surface area contributed by atoms with Gasteiger partial charge in [0.25, 0.3) is 5.91 Å². The number of carbonyl (C=O) groups is 1. The van der Waals surface area contributed by atoms with Crippen molar-refractivity contribution in [3.8, 4) is 0 Å². The first-order valence-corrected chi connectivity index (χ1v) is 12.3. The molecular weight excluding hydrogens is 426 g/mol. The average Bonchev–Trinajstić information content (AvgIpc) is 2.62. The van der Waals surface area contributed by atoms with E-state index < -0.39 is 30.0 Å². The van der Waals surface area contributed by atoms with Gasteiger partial charge in [0.1, 0.15) is 0 Å². The number of anilines is 3. The first kappa shape index (κ1) is 23.7. The summed E-state index contributed by atoms with van der Waals surface area (Å²) in [5.74, 6) is -0.378. The van der Waals surface area contributed by atoms with E-state index in [0.717, 1.165) is 0 Å². The molecule has 10 heteroatoms. The Morgan fingerprint density at radius 3 is 1.67 bits per heavy atom. The van der Waals surface area contributed by atoms with Gasteiger partial charge in [0.05, 0.1) is 10.00 Å². The summed E-state index contributed by atoms with van der Waals surface area (Å²) < 4.78 is 52.2. The van der Waals surface area contributed by atoms with E-state index in [2.05, 4.69) is 14.8 Å². The summed E-state index contributed by atoms with van der Waals surface area (Å²) in [6, 6.07) is 12.3. The predicted octanol–water partition coefficient (Wildman–Crippen LogP) is 3.63. The summed E-state index contributed by atoms with van der Waals surface area (Å²) in [6.45, 7) is 7.95. The van der Waals surface area contributed by atoms with Crippen LogP contribution in [0, 0.1) is 0 Å². The van der Waals surface area contributed by atoms with Gasteiger partial charge in [0.2, 0.25) is 20.0 Å². The summed E-state index contributed by atoms with van der Waals surface area (Å²) in [4.78, 5) is 12.4. The van der Waals surface area contributed by atoms with Gasteiger partial charge in [-0.2, -0.15) is 0 Å². The van der Waals surface area contributed by atoms with E-state index in [9.17, 15) is 21.6 Å². The quantitative estimate of drug-likeness (QED) is 0.591. The number of nitrogens with one attached hydrogen (secondary N) is 3. The van der Waals surface area contributed by atoms with Gasteiger partial charge in [-0.05, 0) is 83.1 Å². The molecule has 0 aliphatic carbocycles. The molecule has 0 spiro atoms. The van der Waals surface area contributed by atoms with Gasteiger partial charge >= 0.3 is 0 Å². The van der Waals surface area contributed by atoms with E-state index in [1.54, 1.807) is 58.9 Å². The number of carbonyl (C=O) groups excluding carboxylic acids is 1. The average molecular weight is 454 g/mol. The van der Waals surface area contributed by atoms with Crippen LogP contribution in [-0.4, -0.2) is 32.7 Å². The van der Waals surface area contributed by atoms with Crippen molar-refractivity contribution in [1.29, 1.82) is 0 Å². The van der Waals surface area contributed by atoms with Gasteiger partial charge in [0.15, 0.2) is 0 Å². The third kappa shape index (κ3) is 5.96. The van der Waals surface area contributed by atoms with Crippen LogP contribution in [0.2, 0.25) is 0 Å². The van der Waals surface area contributed by atoms with Crippen LogP contribution >= 0.6 is 0 Å². The zero-order valence-corrected chi connectivity index (χ0v) is 19.2. The molecule has 0 aromatic heterocycles. The van der Waals surface area contributed by atoms with Crippen molar-refractivity contribution in [1.82, 2.24) is 0 Å². The van der Waals surface area contributed by atoms with Crippen molar-refractivity contribution in [2.24, 2.45) is 0 Å². The van der Waals surface area contributed by atoms with Crippen LogP contribution < -0.4 is 14.8 Å². The maximum absolute atomic E-state index is 12.4. The second-order valence-corrected chi connectivity index (χ2v) is 12.7. The van der Waals surface area contributed by atoms with Crippen LogP contribution in [0.15, 0.2) is 48.5 Å². The fraction of sp³-hybridized carbons (Fsp3) is 0.350. The standard InChI is InChI=1S/C20H27N3O5S2/c1-14(2)29(25,26)22-17-8-6-15(7-9-17)19(24)21-16-10-12-18(13-11-16)23-30(27,28)20(3,4)5/h6-14,22-23H,1-5H3,(H,21,24). The minimum absolute atomic E-state index is 0.347. The molecule has 2 rings (SSSR count). The molecule has 2 aromatic rings. The molecule has 0 radical (unpaired) electrons. The number of sulfonamides is 2. The van der Waals surface area contributed by atoms with Crippen molar-refractivity contribution >= 4 is 43.0 Å². The first-order valence-electron chi connectivity index (χ1n) is 9.27. The minimum Gasteiger partial charge on any atom is -0.322 e. The van der Waals surface area contributed by atoms with Crippen molar-refractivity contribution in [3.63, 3.8) is 0 Å². The fourth-order valence-corrected chi connectivity index (χ4v) is 3.56. The number of benzene rings is 2. The van der Waals surface area contributed by atoms with E-state index >= 15 is 0 Å². The Kier molecular flexibility index (Phi) is 6.83. The van der Waals surface area contributed by atoms with Crippen LogP contribution in [0.25, 0.3) is 0 Å².